The second-order valence-corrected chi connectivity index (χ2v) is 4.58. The topological polar surface area (TPSA) is 134 Å². The Kier molecular flexibility index (Phi) is 5.65. The summed E-state index contributed by atoms with van der Waals surface area (Å²) in [5.74, 6) is -1.85. The predicted molar refractivity (Wildman–Crippen MR) is 75.7 cm³/mol. The van der Waals surface area contributed by atoms with Gasteiger partial charge in [-0.05, 0) is 32.4 Å². The molecule has 5 N–H and O–H groups in total. The number of hydrogen-bond acceptors (Lipinski definition) is 4. The lowest BCUT2D eigenvalue weighted by Gasteiger charge is -2.15. The Balaban J connectivity index is 2.65. The lowest BCUT2D eigenvalue weighted by atomic mass is 10.1. The Bertz CT molecular complexity index is 559. The van der Waals surface area contributed by atoms with Crippen molar-refractivity contribution in [2.45, 2.75) is 32.7 Å². The first kappa shape index (κ1) is 16.4. The van der Waals surface area contributed by atoms with Gasteiger partial charge in [-0.3, -0.25) is 9.78 Å². The molecule has 1 aromatic rings. The number of pyridine rings is 1. The summed E-state index contributed by atoms with van der Waals surface area (Å²) >= 11 is 0. The van der Waals surface area contributed by atoms with Crippen LogP contribution < -0.4 is 16.4 Å². The number of aryl methyl sites for hydroxylation is 2. The van der Waals surface area contributed by atoms with Crippen molar-refractivity contribution >= 4 is 23.6 Å². The summed E-state index contributed by atoms with van der Waals surface area (Å²) in [6.45, 7) is 3.55. The second kappa shape index (κ2) is 7.22. The molecule has 0 spiro atoms. The molecule has 0 aliphatic carbocycles. The molecule has 1 rings (SSSR count). The molecule has 0 bridgehead atoms. The Labute approximate surface area is 121 Å². The van der Waals surface area contributed by atoms with Gasteiger partial charge in [-0.1, -0.05) is 0 Å². The van der Waals surface area contributed by atoms with Crippen LogP contribution in [-0.2, 0) is 9.59 Å². The minimum atomic E-state index is -1.23. The van der Waals surface area contributed by atoms with E-state index in [1.54, 1.807) is 19.1 Å². The second-order valence-electron chi connectivity index (χ2n) is 4.58. The maximum atomic E-state index is 11.8. The number of primary amides is 1. The highest BCUT2D eigenvalue weighted by Crippen LogP contribution is 2.12. The van der Waals surface area contributed by atoms with Crippen LogP contribution in [0, 0.1) is 13.8 Å². The standard InChI is InChI=1S/C13H18N4O4/c1-7-3-4-9(8(2)15-7)16-13(21)17-10(12(19)20)5-6-11(14)18/h3-4,10H,5-6H2,1-2H3,(H2,14,18)(H,19,20)(H2,16,17,21). The predicted octanol–water partition coefficient (Wildman–Crippen LogP) is 0.539. The summed E-state index contributed by atoms with van der Waals surface area (Å²) in [4.78, 5) is 37.6. The van der Waals surface area contributed by atoms with Crippen molar-refractivity contribution in [2.75, 3.05) is 5.32 Å². The van der Waals surface area contributed by atoms with Crippen molar-refractivity contribution in [3.63, 3.8) is 0 Å². The number of nitrogens with zero attached hydrogens (tertiary/aromatic N) is 1. The van der Waals surface area contributed by atoms with E-state index >= 15 is 0 Å². The first-order valence-corrected chi connectivity index (χ1v) is 6.32. The Morgan fingerprint density at radius 3 is 2.52 bits per heavy atom. The molecule has 114 valence electrons. The van der Waals surface area contributed by atoms with Crippen molar-refractivity contribution < 1.29 is 19.5 Å². The summed E-state index contributed by atoms with van der Waals surface area (Å²) in [5.41, 5.74) is 6.87. The highest BCUT2D eigenvalue weighted by atomic mass is 16.4. The van der Waals surface area contributed by atoms with Gasteiger partial charge < -0.3 is 21.5 Å². The van der Waals surface area contributed by atoms with Gasteiger partial charge in [-0.2, -0.15) is 0 Å². The third-order valence-electron chi connectivity index (χ3n) is 2.76. The number of amides is 3. The van der Waals surface area contributed by atoms with E-state index < -0.39 is 23.9 Å². The van der Waals surface area contributed by atoms with Crippen molar-refractivity contribution in [1.29, 1.82) is 0 Å². The summed E-state index contributed by atoms with van der Waals surface area (Å²) in [6, 6.07) is 1.54. The smallest absolute Gasteiger partial charge is 0.326 e. The zero-order valence-electron chi connectivity index (χ0n) is 11.8. The van der Waals surface area contributed by atoms with Crippen LogP contribution in [0.15, 0.2) is 12.1 Å². The third kappa shape index (κ3) is 5.47. The zero-order valence-corrected chi connectivity index (χ0v) is 11.8. The van der Waals surface area contributed by atoms with Crippen LogP contribution >= 0.6 is 0 Å². The number of anilines is 1. The Morgan fingerprint density at radius 1 is 1.33 bits per heavy atom. The maximum absolute atomic E-state index is 11.8. The fraction of sp³-hybridized carbons (Fsp3) is 0.385. The quantitative estimate of drug-likeness (QED) is 0.607. The number of aliphatic carboxylic acids is 1. The van der Waals surface area contributed by atoms with Crippen molar-refractivity contribution in [3.8, 4) is 0 Å². The number of carbonyl (C=O) groups is 3. The fourth-order valence-electron chi connectivity index (χ4n) is 1.68. The van der Waals surface area contributed by atoms with E-state index in [0.717, 1.165) is 5.69 Å². The molecule has 1 aromatic heterocycles. The Morgan fingerprint density at radius 2 is 2.00 bits per heavy atom. The number of rotatable bonds is 6. The van der Waals surface area contributed by atoms with Crippen LogP contribution in [-0.4, -0.2) is 34.0 Å². The molecular weight excluding hydrogens is 276 g/mol. The first-order chi connectivity index (χ1) is 9.79. The number of carboxylic acid groups (broad SMARTS) is 1. The van der Waals surface area contributed by atoms with Gasteiger partial charge in [0.2, 0.25) is 5.91 Å². The molecule has 21 heavy (non-hydrogen) atoms. The zero-order chi connectivity index (χ0) is 16.0. The largest absolute Gasteiger partial charge is 0.480 e. The van der Waals surface area contributed by atoms with Gasteiger partial charge in [0.1, 0.15) is 6.04 Å². The number of carboxylic acids is 1. The van der Waals surface area contributed by atoms with Gasteiger partial charge in [0.05, 0.1) is 11.4 Å². The number of urea groups is 1. The van der Waals surface area contributed by atoms with E-state index in [1.165, 1.54) is 0 Å². The number of hydrogen-bond donors (Lipinski definition) is 4. The number of aromatic nitrogens is 1. The highest BCUT2D eigenvalue weighted by molar-refractivity contribution is 5.92. The van der Waals surface area contributed by atoms with Gasteiger partial charge in [-0.25, -0.2) is 9.59 Å². The van der Waals surface area contributed by atoms with Gasteiger partial charge in [0.15, 0.2) is 0 Å². The van der Waals surface area contributed by atoms with Gasteiger partial charge >= 0.3 is 12.0 Å². The van der Waals surface area contributed by atoms with E-state index in [1.807, 2.05) is 6.92 Å². The highest BCUT2D eigenvalue weighted by Gasteiger charge is 2.20. The molecule has 8 heteroatoms. The molecular formula is C13H18N4O4. The van der Waals surface area contributed by atoms with Crippen LogP contribution in [0.2, 0.25) is 0 Å². The molecule has 0 fully saturated rings. The first-order valence-electron chi connectivity index (χ1n) is 6.32. The minimum absolute atomic E-state index is 0.0663. The van der Waals surface area contributed by atoms with E-state index in [9.17, 15) is 14.4 Å². The van der Waals surface area contributed by atoms with E-state index in [-0.39, 0.29) is 12.8 Å². The number of nitrogens with two attached hydrogens (primary N) is 1. The molecule has 0 saturated carbocycles. The number of carbonyl (C=O) groups excluding carboxylic acids is 2. The van der Waals surface area contributed by atoms with Crippen molar-refractivity contribution in [3.05, 3.63) is 23.5 Å². The van der Waals surface area contributed by atoms with Crippen LogP contribution in [0.5, 0.6) is 0 Å². The van der Waals surface area contributed by atoms with Gasteiger partial charge in [0.25, 0.3) is 0 Å². The Hall–Kier alpha value is -2.64. The number of nitrogens with one attached hydrogen (secondary N) is 2. The average Bonchev–Trinajstić information content (AvgIpc) is 2.37. The summed E-state index contributed by atoms with van der Waals surface area (Å²) < 4.78 is 0. The van der Waals surface area contributed by atoms with Crippen LogP contribution in [0.1, 0.15) is 24.2 Å². The lowest BCUT2D eigenvalue weighted by molar-refractivity contribution is -0.139. The normalized spacial score (nSPS) is 11.5. The monoisotopic (exact) mass is 294 g/mol. The van der Waals surface area contributed by atoms with Crippen LogP contribution in [0.25, 0.3) is 0 Å². The fourth-order valence-corrected chi connectivity index (χ4v) is 1.68. The lowest BCUT2D eigenvalue weighted by Crippen LogP contribution is -2.43. The molecule has 0 aliphatic rings. The van der Waals surface area contributed by atoms with Crippen LogP contribution in [0.3, 0.4) is 0 Å². The molecule has 0 saturated heterocycles. The molecule has 3 amide bonds. The maximum Gasteiger partial charge on any atom is 0.326 e. The van der Waals surface area contributed by atoms with Gasteiger partial charge in [-0.15, -0.1) is 0 Å². The van der Waals surface area contributed by atoms with E-state index in [4.69, 9.17) is 10.8 Å². The van der Waals surface area contributed by atoms with Crippen LogP contribution in [0.4, 0.5) is 10.5 Å². The molecule has 1 unspecified atom stereocenters. The molecule has 8 nitrogen and oxygen atoms in total. The summed E-state index contributed by atoms with van der Waals surface area (Å²) in [5, 5.41) is 13.8. The molecule has 1 heterocycles. The van der Waals surface area contributed by atoms with Gasteiger partial charge in [0, 0.05) is 12.1 Å². The minimum Gasteiger partial charge on any atom is -0.480 e. The van der Waals surface area contributed by atoms with Crippen molar-refractivity contribution in [2.24, 2.45) is 5.73 Å². The summed E-state index contributed by atoms with van der Waals surface area (Å²) in [7, 11) is 0. The van der Waals surface area contributed by atoms with E-state index in [0.29, 0.717) is 11.4 Å². The van der Waals surface area contributed by atoms with Crippen molar-refractivity contribution in [1.82, 2.24) is 10.3 Å². The molecule has 0 aliphatic heterocycles. The SMILES string of the molecule is Cc1ccc(NC(=O)NC(CCC(N)=O)C(=O)O)c(C)n1. The third-order valence-corrected chi connectivity index (χ3v) is 2.76. The molecule has 0 aromatic carbocycles. The average molecular weight is 294 g/mol. The molecule has 0 radical (unpaired) electrons. The summed E-state index contributed by atoms with van der Waals surface area (Å²) in [6.07, 6.45) is -0.189. The van der Waals surface area contributed by atoms with E-state index in [2.05, 4.69) is 15.6 Å². The molecule has 1 atom stereocenters.